The predicted molar refractivity (Wildman–Crippen MR) is 79.3 cm³/mol. The molecular weight excluding hydrogens is 252 g/mol. The smallest absolute Gasteiger partial charge is 0.237 e. The standard InChI is InChI=1S/C16H24N2O2/c1-13-8-10-17-15(13)16(19)18-9-5-11-20-12-14-6-3-2-4-7-14/h2-4,6-7,13,15,17H,5,8-12H2,1H3,(H,18,19). The maximum Gasteiger partial charge on any atom is 0.237 e. The zero-order valence-electron chi connectivity index (χ0n) is 12.1. The van der Waals surface area contributed by atoms with Gasteiger partial charge in [0.2, 0.25) is 5.91 Å². The number of carbonyl (C=O) groups excluding carboxylic acids is 1. The fraction of sp³-hybridized carbons (Fsp3) is 0.562. The maximum atomic E-state index is 11.9. The highest BCUT2D eigenvalue weighted by Gasteiger charge is 2.28. The Bertz CT molecular complexity index is 408. The molecule has 110 valence electrons. The Morgan fingerprint density at radius 3 is 2.90 bits per heavy atom. The molecule has 0 radical (unpaired) electrons. The van der Waals surface area contributed by atoms with Gasteiger partial charge in [-0.25, -0.2) is 0 Å². The van der Waals surface area contributed by atoms with Crippen molar-refractivity contribution < 1.29 is 9.53 Å². The van der Waals surface area contributed by atoms with Crippen LogP contribution in [0.15, 0.2) is 30.3 Å². The molecule has 1 aromatic carbocycles. The van der Waals surface area contributed by atoms with E-state index < -0.39 is 0 Å². The normalized spacial score (nSPS) is 21.9. The number of nitrogens with one attached hydrogen (secondary N) is 2. The lowest BCUT2D eigenvalue weighted by Gasteiger charge is -2.15. The van der Waals surface area contributed by atoms with Crippen LogP contribution in [0.25, 0.3) is 0 Å². The van der Waals surface area contributed by atoms with Gasteiger partial charge in [0.25, 0.3) is 0 Å². The largest absolute Gasteiger partial charge is 0.377 e. The minimum absolute atomic E-state index is 0.0137. The number of ether oxygens (including phenoxy) is 1. The van der Waals surface area contributed by atoms with Crippen LogP contribution in [0.1, 0.15) is 25.3 Å². The maximum absolute atomic E-state index is 11.9. The minimum atomic E-state index is -0.0137. The first-order valence-corrected chi connectivity index (χ1v) is 7.40. The summed E-state index contributed by atoms with van der Waals surface area (Å²) >= 11 is 0. The zero-order valence-corrected chi connectivity index (χ0v) is 12.1. The van der Waals surface area contributed by atoms with E-state index in [4.69, 9.17) is 4.74 Å². The summed E-state index contributed by atoms with van der Waals surface area (Å²) in [5.74, 6) is 0.558. The Morgan fingerprint density at radius 2 is 2.20 bits per heavy atom. The molecule has 1 aliphatic rings. The number of hydrogen-bond donors (Lipinski definition) is 2. The summed E-state index contributed by atoms with van der Waals surface area (Å²) in [6.07, 6.45) is 1.93. The van der Waals surface area contributed by atoms with Crippen LogP contribution in [0, 0.1) is 5.92 Å². The van der Waals surface area contributed by atoms with Crippen molar-refractivity contribution in [3.05, 3.63) is 35.9 Å². The number of hydrogen-bond acceptors (Lipinski definition) is 3. The molecule has 1 heterocycles. The molecule has 2 unspecified atom stereocenters. The van der Waals surface area contributed by atoms with Crippen molar-refractivity contribution in [1.29, 1.82) is 0 Å². The van der Waals surface area contributed by atoms with Gasteiger partial charge in [-0.15, -0.1) is 0 Å². The molecule has 0 aromatic heterocycles. The third kappa shape index (κ3) is 4.62. The molecule has 2 atom stereocenters. The van der Waals surface area contributed by atoms with Crippen LogP contribution in [-0.2, 0) is 16.1 Å². The second-order valence-corrected chi connectivity index (χ2v) is 5.38. The van der Waals surface area contributed by atoms with E-state index in [1.54, 1.807) is 0 Å². The fourth-order valence-electron chi connectivity index (χ4n) is 2.45. The third-order valence-electron chi connectivity index (χ3n) is 3.69. The molecule has 0 bridgehead atoms. The van der Waals surface area contributed by atoms with Gasteiger partial charge in [-0.1, -0.05) is 37.3 Å². The average molecular weight is 276 g/mol. The highest BCUT2D eigenvalue weighted by atomic mass is 16.5. The van der Waals surface area contributed by atoms with Gasteiger partial charge in [0, 0.05) is 13.2 Å². The first-order chi connectivity index (χ1) is 9.77. The molecule has 1 aromatic rings. The third-order valence-corrected chi connectivity index (χ3v) is 3.69. The first kappa shape index (κ1) is 15.0. The van der Waals surface area contributed by atoms with Gasteiger partial charge in [-0.05, 0) is 30.9 Å². The molecule has 1 aliphatic heterocycles. The molecule has 4 nitrogen and oxygen atoms in total. The second-order valence-electron chi connectivity index (χ2n) is 5.38. The van der Waals surface area contributed by atoms with E-state index >= 15 is 0 Å². The van der Waals surface area contributed by atoms with Crippen molar-refractivity contribution >= 4 is 5.91 Å². The topological polar surface area (TPSA) is 50.4 Å². The summed E-state index contributed by atoms with van der Waals surface area (Å²) in [4.78, 5) is 11.9. The van der Waals surface area contributed by atoms with Crippen LogP contribution in [0.3, 0.4) is 0 Å². The number of rotatable bonds is 7. The minimum Gasteiger partial charge on any atom is -0.377 e. The van der Waals surface area contributed by atoms with Crippen LogP contribution >= 0.6 is 0 Å². The van der Waals surface area contributed by atoms with Gasteiger partial charge in [0.15, 0.2) is 0 Å². The van der Waals surface area contributed by atoms with E-state index in [9.17, 15) is 4.79 Å². The van der Waals surface area contributed by atoms with Crippen LogP contribution in [-0.4, -0.2) is 31.6 Å². The molecule has 0 saturated carbocycles. The van der Waals surface area contributed by atoms with E-state index in [0.717, 1.165) is 19.4 Å². The van der Waals surface area contributed by atoms with E-state index in [1.165, 1.54) is 5.56 Å². The molecule has 20 heavy (non-hydrogen) atoms. The van der Waals surface area contributed by atoms with Gasteiger partial charge in [0.1, 0.15) is 0 Å². The zero-order chi connectivity index (χ0) is 14.2. The monoisotopic (exact) mass is 276 g/mol. The van der Waals surface area contributed by atoms with Gasteiger partial charge < -0.3 is 15.4 Å². The lowest BCUT2D eigenvalue weighted by atomic mass is 10.0. The van der Waals surface area contributed by atoms with Crippen molar-refractivity contribution in [3.8, 4) is 0 Å². The predicted octanol–water partition coefficient (Wildman–Crippen LogP) is 1.71. The summed E-state index contributed by atoms with van der Waals surface area (Å²) in [5, 5.41) is 6.21. The number of benzene rings is 1. The van der Waals surface area contributed by atoms with Crippen molar-refractivity contribution in [1.82, 2.24) is 10.6 Å². The van der Waals surface area contributed by atoms with E-state index in [0.29, 0.717) is 25.7 Å². The molecule has 0 spiro atoms. The molecule has 1 saturated heterocycles. The number of amides is 1. The Balaban J connectivity index is 1.52. The van der Waals surface area contributed by atoms with Gasteiger partial charge in [0.05, 0.1) is 12.6 Å². The molecule has 0 aliphatic carbocycles. The highest BCUT2D eigenvalue weighted by Crippen LogP contribution is 2.14. The molecule has 4 heteroatoms. The Morgan fingerprint density at radius 1 is 1.40 bits per heavy atom. The van der Waals surface area contributed by atoms with Crippen molar-refractivity contribution in [2.24, 2.45) is 5.92 Å². The van der Waals surface area contributed by atoms with Crippen LogP contribution < -0.4 is 10.6 Å². The fourth-order valence-corrected chi connectivity index (χ4v) is 2.45. The summed E-state index contributed by atoms with van der Waals surface area (Å²) in [5.41, 5.74) is 1.18. The van der Waals surface area contributed by atoms with Crippen molar-refractivity contribution in [3.63, 3.8) is 0 Å². The van der Waals surface area contributed by atoms with Gasteiger partial charge in [-0.3, -0.25) is 4.79 Å². The number of carbonyl (C=O) groups is 1. The summed E-state index contributed by atoms with van der Waals surface area (Å²) in [6, 6.07) is 10.1. The molecule has 1 fully saturated rings. The van der Waals surface area contributed by atoms with Crippen molar-refractivity contribution in [2.75, 3.05) is 19.7 Å². The van der Waals surface area contributed by atoms with E-state index in [-0.39, 0.29) is 11.9 Å². The van der Waals surface area contributed by atoms with E-state index in [2.05, 4.69) is 29.7 Å². The Hall–Kier alpha value is -1.39. The second kappa shape index (κ2) is 8.02. The van der Waals surface area contributed by atoms with Crippen LogP contribution in [0.4, 0.5) is 0 Å². The Kier molecular flexibility index (Phi) is 6.02. The molecule has 1 amide bonds. The summed E-state index contributed by atoms with van der Waals surface area (Å²) in [6.45, 7) is 5.05. The summed E-state index contributed by atoms with van der Waals surface area (Å²) in [7, 11) is 0. The van der Waals surface area contributed by atoms with Crippen LogP contribution in [0.5, 0.6) is 0 Å². The van der Waals surface area contributed by atoms with Crippen LogP contribution in [0.2, 0.25) is 0 Å². The summed E-state index contributed by atoms with van der Waals surface area (Å²) < 4.78 is 5.58. The molecule has 2 rings (SSSR count). The first-order valence-electron chi connectivity index (χ1n) is 7.40. The highest BCUT2D eigenvalue weighted by molar-refractivity contribution is 5.82. The molecule has 2 N–H and O–H groups in total. The quantitative estimate of drug-likeness (QED) is 0.745. The lowest BCUT2D eigenvalue weighted by Crippen LogP contribution is -2.43. The lowest BCUT2D eigenvalue weighted by molar-refractivity contribution is -0.123. The Labute approximate surface area is 120 Å². The SMILES string of the molecule is CC1CCNC1C(=O)NCCCOCc1ccccc1. The average Bonchev–Trinajstić information content (AvgIpc) is 2.90. The van der Waals surface area contributed by atoms with Gasteiger partial charge >= 0.3 is 0 Å². The van der Waals surface area contributed by atoms with Crippen molar-refractivity contribution in [2.45, 2.75) is 32.4 Å². The molecular formula is C16H24N2O2. The van der Waals surface area contributed by atoms with E-state index in [1.807, 2.05) is 18.2 Å². The van der Waals surface area contributed by atoms with Gasteiger partial charge in [-0.2, -0.15) is 0 Å².